The lowest BCUT2D eigenvalue weighted by molar-refractivity contribution is -0.142. The van der Waals surface area contributed by atoms with Crippen molar-refractivity contribution in [2.45, 2.75) is 88.8 Å². The first kappa shape index (κ1) is 23.3. The van der Waals surface area contributed by atoms with Crippen molar-refractivity contribution in [1.82, 2.24) is 9.80 Å². The Morgan fingerprint density at radius 3 is 2.30 bits per heavy atom. The highest BCUT2D eigenvalue weighted by molar-refractivity contribution is 7.91. The van der Waals surface area contributed by atoms with Gasteiger partial charge in [-0.2, -0.15) is 0 Å². The molecule has 172 valence electrons. The lowest BCUT2D eigenvalue weighted by Crippen LogP contribution is -2.67. The molecule has 0 aromatic rings. The molecule has 3 rings (SSSR count). The predicted molar refractivity (Wildman–Crippen MR) is 111 cm³/mol. The Balaban J connectivity index is 1.81. The summed E-state index contributed by atoms with van der Waals surface area (Å²) >= 11 is 0. The van der Waals surface area contributed by atoms with E-state index in [4.69, 9.17) is 4.74 Å². The van der Waals surface area contributed by atoms with E-state index in [1.165, 1.54) is 0 Å². The normalized spacial score (nSPS) is 37.4. The van der Waals surface area contributed by atoms with Gasteiger partial charge >= 0.3 is 6.09 Å². The van der Waals surface area contributed by atoms with Gasteiger partial charge in [-0.25, -0.2) is 17.6 Å². The van der Waals surface area contributed by atoms with Crippen molar-refractivity contribution in [2.75, 3.05) is 19.4 Å². The van der Waals surface area contributed by atoms with Gasteiger partial charge in [0.15, 0.2) is 9.84 Å². The van der Waals surface area contributed by atoms with Crippen LogP contribution in [0.5, 0.6) is 0 Å². The topological polar surface area (TPSA) is 84.0 Å². The van der Waals surface area contributed by atoms with Crippen molar-refractivity contribution in [3.8, 4) is 0 Å². The van der Waals surface area contributed by atoms with Gasteiger partial charge in [0.1, 0.15) is 6.17 Å². The highest BCUT2D eigenvalue weighted by Gasteiger charge is 2.49. The first-order valence-electron chi connectivity index (χ1n) is 11.1. The lowest BCUT2D eigenvalue weighted by atomic mass is 9.69. The summed E-state index contributed by atoms with van der Waals surface area (Å²) in [6.07, 6.45) is 3.05. The quantitative estimate of drug-likeness (QED) is 0.666. The second-order valence-corrected chi connectivity index (χ2v) is 11.6. The second kappa shape index (κ2) is 9.01. The monoisotopic (exact) mass is 446 g/mol. The number of hydrogen-bond acceptors (Lipinski definition) is 5. The first-order valence-corrected chi connectivity index (χ1v) is 13.0. The van der Waals surface area contributed by atoms with Crippen molar-refractivity contribution in [3.63, 3.8) is 0 Å². The third-order valence-corrected chi connectivity index (χ3v) is 8.94. The molecule has 0 aromatic heterocycles. The number of carbonyl (C=O) groups is 2. The fourth-order valence-electron chi connectivity index (χ4n) is 6.04. The van der Waals surface area contributed by atoms with Crippen LogP contribution in [0.2, 0.25) is 0 Å². The van der Waals surface area contributed by atoms with E-state index in [1.807, 2.05) is 11.8 Å². The van der Waals surface area contributed by atoms with Crippen LogP contribution in [-0.4, -0.2) is 79.2 Å². The maximum Gasteiger partial charge on any atom is 0.410 e. The summed E-state index contributed by atoms with van der Waals surface area (Å²) < 4.78 is 43.7. The van der Waals surface area contributed by atoms with Crippen molar-refractivity contribution >= 4 is 21.8 Å². The van der Waals surface area contributed by atoms with Gasteiger partial charge in [-0.1, -0.05) is 0 Å². The van der Waals surface area contributed by atoms with Crippen LogP contribution in [-0.2, 0) is 19.4 Å². The summed E-state index contributed by atoms with van der Waals surface area (Å²) in [6.45, 7) is 6.01. The fourth-order valence-corrected chi connectivity index (χ4v) is 7.31. The zero-order chi connectivity index (χ0) is 22.2. The molecule has 3 fully saturated rings. The molecular weight excluding hydrogens is 411 g/mol. The molecule has 3 aliphatic rings. The molecule has 7 atom stereocenters. The largest absolute Gasteiger partial charge is 0.450 e. The molecule has 9 heteroatoms. The summed E-state index contributed by atoms with van der Waals surface area (Å²) in [4.78, 5) is 28.6. The number of ether oxygens (including phenoxy) is 1. The Morgan fingerprint density at radius 2 is 1.70 bits per heavy atom. The number of rotatable bonds is 3. The van der Waals surface area contributed by atoms with Crippen molar-refractivity contribution < 1.29 is 27.1 Å². The van der Waals surface area contributed by atoms with E-state index in [0.717, 1.165) is 19.1 Å². The van der Waals surface area contributed by atoms with Gasteiger partial charge in [0.05, 0.1) is 23.9 Å². The molecule has 1 aliphatic heterocycles. The van der Waals surface area contributed by atoms with Gasteiger partial charge in [0.25, 0.3) is 0 Å². The summed E-state index contributed by atoms with van der Waals surface area (Å²) in [6, 6.07) is -0.292. The minimum Gasteiger partial charge on any atom is -0.450 e. The molecule has 2 aliphatic carbocycles. The lowest BCUT2D eigenvalue weighted by Gasteiger charge is -2.54. The zero-order valence-electron chi connectivity index (χ0n) is 18.4. The number of halogens is 1. The van der Waals surface area contributed by atoms with Crippen LogP contribution in [0.4, 0.5) is 9.18 Å². The third-order valence-electron chi connectivity index (χ3n) is 7.35. The molecule has 1 heterocycles. The van der Waals surface area contributed by atoms with Crippen LogP contribution in [0.1, 0.15) is 59.3 Å². The number of fused-ring (bicyclic) bond motifs is 1. The zero-order valence-corrected chi connectivity index (χ0v) is 19.2. The smallest absolute Gasteiger partial charge is 0.410 e. The number of nitrogens with zero attached hydrogens (tertiary/aromatic N) is 2. The molecule has 6 unspecified atom stereocenters. The standard InChI is InChI=1S/C21H35FN2O5S/c1-5-29-21(26)23-12-13(2)24(14(3)25)18-9-7-15(10-19(18)23)16-6-8-17(22)20(11-16)30(4,27)28/h13,15-20H,5-12H2,1-4H3/t13-,15?,16?,17?,18?,19?,20?/m0/s1. The molecule has 0 bridgehead atoms. The molecule has 0 radical (unpaired) electrons. The molecule has 2 amide bonds. The van der Waals surface area contributed by atoms with E-state index in [1.54, 1.807) is 18.7 Å². The van der Waals surface area contributed by atoms with Crippen LogP contribution in [0.15, 0.2) is 0 Å². The average Bonchev–Trinajstić information content (AvgIpc) is 2.66. The summed E-state index contributed by atoms with van der Waals surface area (Å²) in [5.41, 5.74) is 0. The molecule has 0 aromatic carbocycles. The Kier molecular flexibility index (Phi) is 6.99. The minimum atomic E-state index is -3.44. The van der Waals surface area contributed by atoms with E-state index in [9.17, 15) is 22.4 Å². The Labute approximate surface area is 179 Å². The summed E-state index contributed by atoms with van der Waals surface area (Å²) in [5.74, 6) is 0.337. The van der Waals surface area contributed by atoms with E-state index in [-0.39, 0.29) is 55.0 Å². The Morgan fingerprint density at radius 1 is 1.07 bits per heavy atom. The maximum atomic E-state index is 14.3. The minimum absolute atomic E-state index is 0.00883. The molecule has 1 saturated heterocycles. The molecule has 2 saturated carbocycles. The van der Waals surface area contributed by atoms with Gasteiger partial charge < -0.3 is 14.5 Å². The van der Waals surface area contributed by atoms with E-state index < -0.39 is 21.3 Å². The number of piperazine rings is 1. The average molecular weight is 447 g/mol. The highest BCUT2D eigenvalue weighted by atomic mass is 32.2. The number of amides is 2. The summed E-state index contributed by atoms with van der Waals surface area (Å²) in [5, 5.41) is -0.935. The maximum absolute atomic E-state index is 14.3. The van der Waals surface area contributed by atoms with E-state index in [0.29, 0.717) is 25.8 Å². The Bertz CT molecular complexity index is 760. The second-order valence-electron chi connectivity index (χ2n) is 9.29. The summed E-state index contributed by atoms with van der Waals surface area (Å²) in [7, 11) is -3.44. The molecule has 0 spiro atoms. The van der Waals surface area contributed by atoms with Crippen LogP contribution >= 0.6 is 0 Å². The predicted octanol–water partition coefficient (Wildman–Crippen LogP) is 2.78. The molecular formula is C21H35FN2O5S. The van der Waals surface area contributed by atoms with Gasteiger partial charge in [-0.15, -0.1) is 0 Å². The number of sulfone groups is 1. The number of hydrogen-bond donors (Lipinski definition) is 0. The SMILES string of the molecule is CCOC(=O)N1C[C@H](C)N(C(C)=O)C2CCC(C3CCC(F)C(S(C)(=O)=O)C3)CC21. The number of alkyl halides is 1. The third kappa shape index (κ3) is 4.60. The molecule has 0 N–H and O–H groups in total. The van der Waals surface area contributed by atoms with Gasteiger partial charge in [0.2, 0.25) is 5.91 Å². The van der Waals surface area contributed by atoms with Crippen LogP contribution in [0, 0.1) is 11.8 Å². The van der Waals surface area contributed by atoms with Crippen LogP contribution < -0.4 is 0 Å². The van der Waals surface area contributed by atoms with Gasteiger partial charge in [0, 0.05) is 25.8 Å². The van der Waals surface area contributed by atoms with Crippen LogP contribution in [0.3, 0.4) is 0 Å². The van der Waals surface area contributed by atoms with Gasteiger partial charge in [-0.3, -0.25) is 4.79 Å². The fraction of sp³-hybridized carbons (Fsp3) is 0.905. The van der Waals surface area contributed by atoms with E-state index >= 15 is 0 Å². The number of carbonyl (C=O) groups excluding carboxylic acids is 2. The first-order chi connectivity index (χ1) is 14.0. The molecule has 30 heavy (non-hydrogen) atoms. The van der Waals surface area contributed by atoms with Crippen molar-refractivity contribution in [3.05, 3.63) is 0 Å². The van der Waals surface area contributed by atoms with Gasteiger partial charge in [-0.05, 0) is 64.2 Å². The van der Waals surface area contributed by atoms with Crippen molar-refractivity contribution in [1.29, 1.82) is 0 Å². The Hall–Kier alpha value is -1.38. The molecule has 7 nitrogen and oxygen atoms in total. The van der Waals surface area contributed by atoms with Crippen molar-refractivity contribution in [2.24, 2.45) is 11.8 Å². The highest BCUT2D eigenvalue weighted by Crippen LogP contribution is 2.44. The van der Waals surface area contributed by atoms with E-state index in [2.05, 4.69) is 0 Å². The van der Waals surface area contributed by atoms with Crippen LogP contribution in [0.25, 0.3) is 0 Å².